The average molecular weight is 469 g/mol. The van der Waals surface area contributed by atoms with Crippen LogP contribution in [0.5, 0.6) is 11.5 Å². The fourth-order valence-corrected chi connectivity index (χ4v) is 3.68. The number of hydrogen-bond acceptors (Lipinski definition) is 4. The molecule has 2 rings (SSSR count). The Morgan fingerprint density at radius 2 is 1.88 bits per heavy atom. The van der Waals surface area contributed by atoms with E-state index in [0.717, 1.165) is 24.0 Å². The van der Waals surface area contributed by atoms with Gasteiger partial charge in [-0.25, -0.2) is 0 Å². The van der Waals surface area contributed by atoms with Crippen molar-refractivity contribution in [2.24, 2.45) is 0 Å². The molecule has 0 bridgehead atoms. The first-order chi connectivity index (χ1) is 15.9. The highest BCUT2D eigenvalue weighted by atomic mass is 35.5. The number of carbonyl (C=O) groups is 1. The number of nitrogens with zero attached hydrogens (tertiary/aromatic N) is 1. The summed E-state index contributed by atoms with van der Waals surface area (Å²) in [6.45, 7) is 6.65. The zero-order chi connectivity index (χ0) is 24.2. The largest absolute Gasteiger partial charge is 0.493 e. The summed E-state index contributed by atoms with van der Waals surface area (Å²) < 4.78 is 11.3. The first-order valence-electron chi connectivity index (χ1n) is 11.4. The number of nitrogens with one attached hydrogen (secondary N) is 1. The van der Waals surface area contributed by atoms with Gasteiger partial charge >= 0.3 is 0 Å². The quantitative estimate of drug-likeness (QED) is 0.202. The van der Waals surface area contributed by atoms with Crippen LogP contribution in [-0.4, -0.2) is 19.6 Å². The number of halogens is 1. The fraction of sp³-hybridized carbons (Fsp3) is 0.407. The molecule has 6 heteroatoms. The highest BCUT2D eigenvalue weighted by Crippen LogP contribution is 2.37. The van der Waals surface area contributed by atoms with E-state index in [9.17, 15) is 10.1 Å². The highest BCUT2D eigenvalue weighted by molar-refractivity contribution is 6.32. The number of unbranched alkanes of at least 4 members (excludes halogenated alkanes) is 5. The van der Waals surface area contributed by atoms with Gasteiger partial charge < -0.3 is 14.8 Å². The number of anilines is 1. The number of carbonyl (C=O) groups excluding carboxylic acids is 1. The lowest BCUT2D eigenvalue weighted by molar-refractivity contribution is -0.112. The van der Waals surface area contributed by atoms with Crippen molar-refractivity contribution < 1.29 is 14.3 Å². The second-order valence-electron chi connectivity index (χ2n) is 8.02. The molecule has 1 N–H and O–H groups in total. The second-order valence-corrected chi connectivity index (χ2v) is 8.43. The van der Waals surface area contributed by atoms with Crippen molar-refractivity contribution in [1.82, 2.24) is 0 Å². The van der Waals surface area contributed by atoms with Gasteiger partial charge in [0.05, 0.1) is 18.7 Å². The Bertz CT molecular complexity index is 1020. The number of aryl methyl sites for hydroxylation is 1. The molecule has 2 aromatic rings. The maximum absolute atomic E-state index is 12.7. The van der Waals surface area contributed by atoms with Crippen molar-refractivity contribution in [3.05, 3.63) is 57.6 Å². The fourth-order valence-electron chi connectivity index (χ4n) is 3.41. The van der Waals surface area contributed by atoms with E-state index < -0.39 is 5.91 Å². The summed E-state index contributed by atoms with van der Waals surface area (Å²) in [7, 11) is 1.54. The third-order valence-corrected chi connectivity index (χ3v) is 5.81. The lowest BCUT2D eigenvalue weighted by Gasteiger charge is -2.14. The lowest BCUT2D eigenvalue weighted by Crippen LogP contribution is -2.14. The number of methoxy groups -OCH3 is 1. The van der Waals surface area contributed by atoms with Gasteiger partial charge in [-0.3, -0.25) is 4.79 Å². The zero-order valence-electron chi connectivity index (χ0n) is 20.0. The Morgan fingerprint density at radius 1 is 1.15 bits per heavy atom. The maximum atomic E-state index is 12.7. The van der Waals surface area contributed by atoms with Crippen LogP contribution in [0.4, 0.5) is 5.69 Å². The Kier molecular flexibility index (Phi) is 10.8. The van der Waals surface area contributed by atoms with Gasteiger partial charge in [-0.05, 0) is 61.2 Å². The molecule has 176 valence electrons. The third kappa shape index (κ3) is 7.83. The van der Waals surface area contributed by atoms with Crippen LogP contribution in [0.1, 0.15) is 62.1 Å². The molecular weight excluding hydrogens is 436 g/mol. The number of benzene rings is 2. The molecule has 0 saturated carbocycles. The molecule has 0 radical (unpaired) electrons. The molecule has 5 nitrogen and oxygen atoms in total. The van der Waals surface area contributed by atoms with Crippen LogP contribution in [-0.2, 0) is 4.79 Å². The normalized spacial score (nSPS) is 11.1. The predicted octanol–water partition coefficient (Wildman–Crippen LogP) is 7.25. The lowest BCUT2D eigenvalue weighted by atomic mass is 10.1. The van der Waals surface area contributed by atoms with Gasteiger partial charge in [0.2, 0.25) is 0 Å². The van der Waals surface area contributed by atoms with Crippen molar-refractivity contribution in [1.29, 1.82) is 5.26 Å². The number of nitriles is 1. The zero-order valence-corrected chi connectivity index (χ0v) is 20.7. The van der Waals surface area contributed by atoms with Crippen molar-refractivity contribution in [2.75, 3.05) is 19.0 Å². The van der Waals surface area contributed by atoms with Crippen LogP contribution in [0.25, 0.3) is 6.08 Å². The Balaban J connectivity index is 2.11. The molecule has 0 heterocycles. The standard InChI is InChI=1S/C27H33ClN2O3/c1-5-6-7-8-9-10-14-33-26-23(28)16-21(17-25(26)32-4)15-22(18-29)27(31)30-24-13-11-12-19(2)20(24)3/h11-13,15-17H,5-10,14H2,1-4H3,(H,30,31)/b22-15-. The van der Waals surface area contributed by atoms with Crippen LogP contribution >= 0.6 is 11.6 Å². The number of amides is 1. The van der Waals surface area contributed by atoms with Crippen molar-refractivity contribution in [3.8, 4) is 17.6 Å². The Hall–Kier alpha value is -2.97. The summed E-state index contributed by atoms with van der Waals surface area (Å²) in [5.41, 5.74) is 3.24. The second kappa shape index (κ2) is 13.5. The van der Waals surface area contributed by atoms with Crippen molar-refractivity contribution in [3.63, 3.8) is 0 Å². The summed E-state index contributed by atoms with van der Waals surface area (Å²) in [6.07, 6.45) is 8.50. The summed E-state index contributed by atoms with van der Waals surface area (Å²) >= 11 is 6.45. The van der Waals surface area contributed by atoms with Crippen LogP contribution in [0, 0.1) is 25.2 Å². The van der Waals surface area contributed by atoms with Crippen LogP contribution in [0.15, 0.2) is 35.9 Å². The molecule has 0 aromatic heterocycles. The molecular formula is C27H33ClN2O3. The van der Waals surface area contributed by atoms with Crippen molar-refractivity contribution in [2.45, 2.75) is 59.3 Å². The van der Waals surface area contributed by atoms with Crippen molar-refractivity contribution >= 4 is 29.3 Å². The van der Waals surface area contributed by atoms with E-state index >= 15 is 0 Å². The van der Waals surface area contributed by atoms with E-state index in [-0.39, 0.29) is 5.57 Å². The molecule has 0 aliphatic heterocycles. The van der Waals surface area contributed by atoms with Gasteiger partial charge in [-0.1, -0.05) is 62.8 Å². The molecule has 0 atom stereocenters. The highest BCUT2D eigenvalue weighted by Gasteiger charge is 2.15. The molecule has 0 spiro atoms. The molecule has 0 fully saturated rings. The van der Waals surface area contributed by atoms with Gasteiger partial charge in [0.25, 0.3) is 5.91 Å². The van der Waals surface area contributed by atoms with E-state index in [1.165, 1.54) is 38.9 Å². The van der Waals surface area contributed by atoms with Gasteiger partial charge in [0, 0.05) is 5.69 Å². The molecule has 0 unspecified atom stereocenters. The van der Waals surface area contributed by atoms with Crippen LogP contribution < -0.4 is 14.8 Å². The van der Waals surface area contributed by atoms with E-state index in [1.54, 1.807) is 12.1 Å². The summed E-state index contributed by atoms with van der Waals surface area (Å²) in [6, 6.07) is 11.0. The van der Waals surface area contributed by atoms with Gasteiger partial charge in [-0.2, -0.15) is 5.26 Å². The molecule has 2 aromatic carbocycles. The van der Waals surface area contributed by atoms with Gasteiger partial charge in [-0.15, -0.1) is 0 Å². The van der Waals surface area contributed by atoms with Gasteiger partial charge in [0.15, 0.2) is 11.5 Å². The van der Waals surface area contributed by atoms with Gasteiger partial charge in [0.1, 0.15) is 11.6 Å². The Morgan fingerprint density at radius 3 is 2.58 bits per heavy atom. The van der Waals surface area contributed by atoms with E-state index in [1.807, 2.05) is 38.1 Å². The first kappa shape index (κ1) is 26.3. The topological polar surface area (TPSA) is 71.3 Å². The number of rotatable bonds is 12. The summed E-state index contributed by atoms with van der Waals surface area (Å²) in [4.78, 5) is 12.7. The minimum atomic E-state index is -0.482. The van der Waals surface area contributed by atoms with Crippen LogP contribution in [0.2, 0.25) is 5.02 Å². The first-order valence-corrected chi connectivity index (χ1v) is 11.8. The minimum Gasteiger partial charge on any atom is -0.493 e. The molecule has 1 amide bonds. The summed E-state index contributed by atoms with van der Waals surface area (Å²) in [5, 5.41) is 12.7. The molecule has 33 heavy (non-hydrogen) atoms. The SMILES string of the molecule is CCCCCCCCOc1c(Cl)cc(/C=C(/C#N)C(=O)Nc2cccc(C)c2C)cc1OC. The Labute approximate surface area is 202 Å². The monoisotopic (exact) mass is 468 g/mol. The number of ether oxygens (including phenoxy) is 2. The van der Waals surface area contributed by atoms with Crippen LogP contribution in [0.3, 0.4) is 0 Å². The molecule has 0 saturated heterocycles. The van der Waals surface area contributed by atoms with E-state index in [4.69, 9.17) is 21.1 Å². The molecule has 0 aliphatic carbocycles. The third-order valence-electron chi connectivity index (χ3n) is 5.52. The summed E-state index contributed by atoms with van der Waals surface area (Å²) in [5.74, 6) is 0.458. The van der Waals surface area contributed by atoms with E-state index in [0.29, 0.717) is 34.4 Å². The van der Waals surface area contributed by atoms with E-state index in [2.05, 4.69) is 12.2 Å². The average Bonchev–Trinajstić information content (AvgIpc) is 2.80. The smallest absolute Gasteiger partial charge is 0.266 e. The minimum absolute atomic E-state index is 0.0326. The maximum Gasteiger partial charge on any atom is 0.266 e. The predicted molar refractivity (Wildman–Crippen MR) is 135 cm³/mol. The molecule has 0 aliphatic rings. The number of hydrogen-bond donors (Lipinski definition) is 1.